The highest BCUT2D eigenvalue weighted by atomic mass is 79.9. The lowest BCUT2D eigenvalue weighted by Gasteiger charge is -2.19. The number of carbonyl (C=O) groups is 1. The molecule has 1 amide bonds. The van der Waals surface area contributed by atoms with Crippen LogP contribution in [0.1, 0.15) is 38.4 Å². The number of hydrazone groups is 1. The van der Waals surface area contributed by atoms with Gasteiger partial charge < -0.3 is 4.42 Å². The predicted octanol–water partition coefficient (Wildman–Crippen LogP) is 4.24. The molecule has 0 aromatic carbocycles. The molecule has 23 heavy (non-hydrogen) atoms. The van der Waals surface area contributed by atoms with Crippen LogP contribution in [0.2, 0.25) is 0 Å². The van der Waals surface area contributed by atoms with E-state index in [-0.39, 0.29) is 11.4 Å². The molecule has 0 fully saturated rings. The first-order valence-corrected chi connectivity index (χ1v) is 8.94. The lowest BCUT2D eigenvalue weighted by atomic mass is 10.1. The highest BCUT2D eigenvalue weighted by Gasteiger charge is 2.35. The average molecular weight is 395 g/mol. The molecule has 8 heteroatoms. The molecule has 0 saturated carbocycles. The molecule has 120 valence electrons. The number of amides is 1. The van der Waals surface area contributed by atoms with Crippen molar-refractivity contribution < 1.29 is 9.21 Å². The van der Waals surface area contributed by atoms with E-state index in [0.717, 1.165) is 30.7 Å². The first-order valence-electron chi connectivity index (χ1n) is 7.33. The van der Waals surface area contributed by atoms with Gasteiger partial charge in [-0.1, -0.05) is 19.8 Å². The van der Waals surface area contributed by atoms with Gasteiger partial charge in [0, 0.05) is 0 Å². The number of furan rings is 1. The molecule has 1 aromatic heterocycles. The van der Waals surface area contributed by atoms with Crippen molar-refractivity contribution in [3.05, 3.63) is 28.1 Å². The van der Waals surface area contributed by atoms with Crippen molar-refractivity contribution in [1.29, 1.82) is 5.41 Å². The number of carbonyl (C=O) groups excluding carboxylic acids is 1. The molecule has 6 nitrogen and oxygen atoms in total. The molecular weight excluding hydrogens is 380 g/mol. The highest BCUT2D eigenvalue weighted by molar-refractivity contribution is 9.10. The molecule has 3 heterocycles. The Morgan fingerprint density at radius 2 is 2.26 bits per heavy atom. The van der Waals surface area contributed by atoms with Gasteiger partial charge in [-0.25, -0.2) is 0 Å². The van der Waals surface area contributed by atoms with Crippen LogP contribution < -0.4 is 0 Å². The standard InChI is InChI=1S/C15H15BrN4O2S/c1-2-3-4-5-12-19-20-13(17)10(14(21)18-15(20)23-12)8-9-6-7-11(16)22-9/h6-8,17H,2-5H2,1H3/b10-8-,17-13?. The van der Waals surface area contributed by atoms with Crippen molar-refractivity contribution in [2.75, 3.05) is 0 Å². The van der Waals surface area contributed by atoms with Gasteiger partial charge in [0.25, 0.3) is 5.91 Å². The Hall–Kier alpha value is -1.67. The van der Waals surface area contributed by atoms with E-state index < -0.39 is 5.91 Å². The van der Waals surface area contributed by atoms with Crippen LogP contribution in [0.25, 0.3) is 6.08 Å². The number of rotatable bonds is 5. The van der Waals surface area contributed by atoms with Gasteiger partial charge in [0.05, 0.1) is 5.57 Å². The monoisotopic (exact) mass is 394 g/mol. The largest absolute Gasteiger partial charge is 0.450 e. The smallest absolute Gasteiger partial charge is 0.283 e. The number of halogens is 1. The number of amidine groups is 2. The lowest BCUT2D eigenvalue weighted by molar-refractivity contribution is -0.114. The third kappa shape index (κ3) is 3.48. The summed E-state index contributed by atoms with van der Waals surface area (Å²) in [6, 6.07) is 3.45. The zero-order chi connectivity index (χ0) is 16.4. The van der Waals surface area contributed by atoms with E-state index in [9.17, 15) is 4.79 Å². The fourth-order valence-electron chi connectivity index (χ4n) is 2.21. The maximum absolute atomic E-state index is 12.2. The Bertz CT molecular complexity index is 750. The highest BCUT2D eigenvalue weighted by Crippen LogP contribution is 2.30. The summed E-state index contributed by atoms with van der Waals surface area (Å²) in [6.45, 7) is 2.15. The molecule has 3 rings (SSSR count). The van der Waals surface area contributed by atoms with E-state index in [2.05, 4.69) is 32.9 Å². The van der Waals surface area contributed by atoms with Gasteiger partial charge in [-0.15, -0.1) is 0 Å². The van der Waals surface area contributed by atoms with Gasteiger partial charge in [-0.2, -0.15) is 15.1 Å². The second kappa shape index (κ2) is 6.84. The number of fused-ring (bicyclic) bond motifs is 1. The van der Waals surface area contributed by atoms with Crippen LogP contribution in [0.4, 0.5) is 0 Å². The van der Waals surface area contributed by atoms with Gasteiger partial charge in [-0.05, 0) is 58.7 Å². The van der Waals surface area contributed by atoms with Crippen LogP contribution in [0, 0.1) is 5.41 Å². The van der Waals surface area contributed by atoms with E-state index in [1.807, 2.05) is 0 Å². The molecule has 0 radical (unpaired) electrons. The van der Waals surface area contributed by atoms with Crippen molar-refractivity contribution in [2.24, 2.45) is 10.1 Å². The molecular formula is C15H15BrN4O2S. The minimum absolute atomic E-state index is 0.0329. The molecule has 0 bridgehead atoms. The summed E-state index contributed by atoms with van der Waals surface area (Å²) >= 11 is 4.58. The van der Waals surface area contributed by atoms with Gasteiger partial charge in [0.2, 0.25) is 5.17 Å². The zero-order valence-electron chi connectivity index (χ0n) is 12.5. The molecule has 0 spiro atoms. The first kappa shape index (κ1) is 16.2. The van der Waals surface area contributed by atoms with Gasteiger partial charge in [-0.3, -0.25) is 10.2 Å². The van der Waals surface area contributed by atoms with Gasteiger partial charge in [0.15, 0.2) is 10.5 Å². The Morgan fingerprint density at radius 3 is 2.96 bits per heavy atom. The molecule has 2 aliphatic rings. The van der Waals surface area contributed by atoms with Crippen molar-refractivity contribution in [3.63, 3.8) is 0 Å². The summed E-state index contributed by atoms with van der Waals surface area (Å²) in [5, 5.41) is 15.5. The lowest BCUT2D eigenvalue weighted by Crippen LogP contribution is -2.35. The van der Waals surface area contributed by atoms with Crippen LogP contribution in [-0.4, -0.2) is 27.0 Å². The number of hydrogen-bond donors (Lipinski definition) is 1. The third-order valence-electron chi connectivity index (χ3n) is 3.37. The van der Waals surface area contributed by atoms with Crippen LogP contribution >= 0.6 is 27.7 Å². The SMILES string of the molecule is CCCCCC1=NN2C(=N)/C(=C/c3ccc(Br)o3)C(=O)N=C2S1. The van der Waals surface area contributed by atoms with Gasteiger partial charge >= 0.3 is 0 Å². The number of unbranched alkanes of at least 4 members (excludes halogenated alkanes) is 2. The topological polar surface area (TPSA) is 82.0 Å². The second-order valence-electron chi connectivity index (χ2n) is 5.11. The Kier molecular flexibility index (Phi) is 4.82. The van der Waals surface area contributed by atoms with Gasteiger partial charge in [0.1, 0.15) is 10.8 Å². The predicted molar refractivity (Wildman–Crippen MR) is 95.6 cm³/mol. The fourth-order valence-corrected chi connectivity index (χ4v) is 3.45. The van der Waals surface area contributed by atoms with Crippen LogP contribution in [0.15, 0.2) is 36.9 Å². The van der Waals surface area contributed by atoms with E-state index in [1.54, 1.807) is 12.1 Å². The number of nitrogens with one attached hydrogen (secondary N) is 1. The summed E-state index contributed by atoms with van der Waals surface area (Å²) in [7, 11) is 0. The Balaban J connectivity index is 1.82. The molecule has 0 aliphatic carbocycles. The normalized spacial score (nSPS) is 19.2. The van der Waals surface area contributed by atoms with E-state index in [1.165, 1.54) is 22.8 Å². The fraction of sp³-hybridized carbons (Fsp3) is 0.333. The van der Waals surface area contributed by atoms with Crippen LogP contribution in [0.5, 0.6) is 0 Å². The van der Waals surface area contributed by atoms with Crippen molar-refractivity contribution in [3.8, 4) is 0 Å². The number of thioether (sulfide) groups is 1. The summed E-state index contributed by atoms with van der Waals surface area (Å²) in [5.41, 5.74) is 0.176. The zero-order valence-corrected chi connectivity index (χ0v) is 14.9. The summed E-state index contributed by atoms with van der Waals surface area (Å²) in [4.78, 5) is 16.2. The maximum Gasteiger partial charge on any atom is 0.283 e. The van der Waals surface area contributed by atoms with Crippen LogP contribution in [0.3, 0.4) is 0 Å². The molecule has 2 aliphatic heterocycles. The van der Waals surface area contributed by atoms with Crippen LogP contribution in [-0.2, 0) is 4.79 Å². The van der Waals surface area contributed by atoms with E-state index in [4.69, 9.17) is 9.83 Å². The van der Waals surface area contributed by atoms with Crippen molar-refractivity contribution in [2.45, 2.75) is 32.6 Å². The number of hydrogen-bond acceptors (Lipinski definition) is 5. The van der Waals surface area contributed by atoms with E-state index in [0.29, 0.717) is 15.6 Å². The summed E-state index contributed by atoms with van der Waals surface area (Å²) in [6.07, 6.45) is 5.70. The minimum Gasteiger partial charge on any atom is -0.450 e. The molecule has 1 aromatic rings. The minimum atomic E-state index is -0.439. The molecule has 0 atom stereocenters. The summed E-state index contributed by atoms with van der Waals surface area (Å²) < 4.78 is 5.93. The maximum atomic E-state index is 12.2. The van der Waals surface area contributed by atoms with E-state index >= 15 is 0 Å². The average Bonchev–Trinajstić information content (AvgIpc) is 3.10. The third-order valence-corrected chi connectivity index (χ3v) is 4.77. The van der Waals surface area contributed by atoms with Crippen molar-refractivity contribution >= 4 is 55.7 Å². The number of nitrogens with zero attached hydrogens (tertiary/aromatic N) is 3. The Morgan fingerprint density at radius 1 is 1.43 bits per heavy atom. The number of aliphatic imine (C=N–C) groups is 1. The second-order valence-corrected chi connectivity index (χ2v) is 6.93. The molecule has 0 unspecified atom stereocenters. The molecule has 1 N–H and O–H groups in total. The summed E-state index contributed by atoms with van der Waals surface area (Å²) in [5.74, 6) is 0.0828. The quantitative estimate of drug-likeness (QED) is 0.597. The Labute approximate surface area is 146 Å². The van der Waals surface area contributed by atoms with Crippen molar-refractivity contribution in [1.82, 2.24) is 5.01 Å². The molecule has 0 saturated heterocycles. The first-order chi connectivity index (χ1) is 11.1.